The minimum Gasteiger partial charge on any atom is -0.476 e. The minimum absolute atomic E-state index is 0.150. The molecule has 2 atom stereocenters. The number of hydrogen-bond donors (Lipinski definition) is 2. The Morgan fingerprint density at radius 1 is 1.44 bits per heavy atom. The molecule has 1 aromatic carbocycles. The fourth-order valence-electron chi connectivity index (χ4n) is 2.47. The highest BCUT2D eigenvalue weighted by atomic mass is 19.1. The van der Waals surface area contributed by atoms with E-state index in [1.165, 1.54) is 6.07 Å². The van der Waals surface area contributed by atoms with Crippen molar-refractivity contribution in [1.29, 1.82) is 0 Å². The van der Waals surface area contributed by atoms with E-state index in [9.17, 15) is 9.18 Å². The zero-order chi connectivity index (χ0) is 12.7. The molecule has 3 rings (SSSR count). The lowest BCUT2D eigenvalue weighted by atomic mass is 9.97. The van der Waals surface area contributed by atoms with Crippen LogP contribution in [0.2, 0.25) is 0 Å². The number of rotatable bonds is 1. The van der Waals surface area contributed by atoms with Gasteiger partial charge in [0.2, 0.25) is 0 Å². The molecule has 0 saturated carbocycles. The van der Waals surface area contributed by atoms with Crippen LogP contribution in [0, 0.1) is 5.82 Å². The number of hydrogen-bond acceptors (Lipinski definition) is 3. The fraction of sp³-hybridized carbons (Fsp3) is 0.462. The first-order valence-electron chi connectivity index (χ1n) is 6.17. The van der Waals surface area contributed by atoms with Crippen LogP contribution in [0.5, 0.6) is 5.75 Å². The molecule has 0 aliphatic carbocycles. The van der Waals surface area contributed by atoms with Crippen molar-refractivity contribution >= 4 is 11.6 Å². The number of carbonyl (C=O) groups is 1. The first-order chi connectivity index (χ1) is 8.65. The largest absolute Gasteiger partial charge is 0.476 e. The molecule has 2 heterocycles. The van der Waals surface area contributed by atoms with Gasteiger partial charge in [0.15, 0.2) is 17.7 Å². The lowest BCUT2D eigenvalue weighted by molar-refractivity contribution is -0.122. The molecular weight excluding hydrogens is 235 g/mol. The van der Waals surface area contributed by atoms with Gasteiger partial charge in [-0.1, -0.05) is 0 Å². The third kappa shape index (κ3) is 1.84. The van der Waals surface area contributed by atoms with Gasteiger partial charge in [-0.05, 0) is 43.5 Å². The van der Waals surface area contributed by atoms with Crippen LogP contribution in [-0.4, -0.2) is 25.1 Å². The maximum Gasteiger partial charge on any atom is 0.265 e. The molecule has 0 aromatic heterocycles. The van der Waals surface area contributed by atoms with Crippen LogP contribution in [0.1, 0.15) is 24.8 Å². The molecule has 96 valence electrons. The van der Waals surface area contributed by atoms with E-state index in [0.29, 0.717) is 11.6 Å². The predicted octanol–water partition coefficient (Wildman–Crippen LogP) is 1.62. The zero-order valence-corrected chi connectivity index (χ0v) is 10.1. The van der Waals surface area contributed by atoms with Gasteiger partial charge in [0.05, 0.1) is 5.69 Å². The second-order valence-corrected chi connectivity index (χ2v) is 4.82. The van der Waals surface area contributed by atoms with Crippen LogP contribution in [0.15, 0.2) is 12.1 Å². The van der Waals surface area contributed by atoms with E-state index in [0.717, 1.165) is 25.1 Å². The molecular formula is C13H15FN2O2. The molecule has 1 amide bonds. The molecule has 18 heavy (non-hydrogen) atoms. The summed E-state index contributed by atoms with van der Waals surface area (Å²) >= 11 is 0. The number of fused-ring (bicyclic) bond motifs is 1. The number of carbonyl (C=O) groups excluding carboxylic acids is 1. The van der Waals surface area contributed by atoms with Crippen LogP contribution in [-0.2, 0) is 4.79 Å². The third-order valence-electron chi connectivity index (χ3n) is 3.52. The average molecular weight is 250 g/mol. The van der Waals surface area contributed by atoms with Crippen molar-refractivity contribution in [3.05, 3.63) is 23.5 Å². The summed E-state index contributed by atoms with van der Waals surface area (Å²) in [4.78, 5) is 11.5. The predicted molar refractivity (Wildman–Crippen MR) is 65.3 cm³/mol. The van der Waals surface area contributed by atoms with Crippen LogP contribution >= 0.6 is 0 Å². The van der Waals surface area contributed by atoms with Gasteiger partial charge in [-0.3, -0.25) is 4.79 Å². The van der Waals surface area contributed by atoms with Crippen LogP contribution in [0.4, 0.5) is 10.1 Å². The molecule has 0 radical (unpaired) electrons. The Balaban J connectivity index is 1.99. The van der Waals surface area contributed by atoms with Gasteiger partial charge in [-0.15, -0.1) is 0 Å². The molecule has 1 saturated heterocycles. The second kappa shape index (κ2) is 4.24. The molecule has 1 fully saturated rings. The van der Waals surface area contributed by atoms with Crippen molar-refractivity contribution in [2.75, 3.05) is 18.4 Å². The second-order valence-electron chi connectivity index (χ2n) is 4.82. The summed E-state index contributed by atoms with van der Waals surface area (Å²) in [7, 11) is 0. The minimum atomic E-state index is -0.647. The van der Waals surface area contributed by atoms with Crippen molar-refractivity contribution in [2.45, 2.75) is 25.4 Å². The van der Waals surface area contributed by atoms with Crippen LogP contribution in [0.25, 0.3) is 0 Å². The Hall–Kier alpha value is -1.62. The first-order valence-corrected chi connectivity index (χ1v) is 6.17. The topological polar surface area (TPSA) is 50.4 Å². The Morgan fingerprint density at radius 2 is 2.28 bits per heavy atom. The molecule has 0 bridgehead atoms. The molecule has 0 spiro atoms. The highest BCUT2D eigenvalue weighted by molar-refractivity contribution is 5.97. The number of nitrogens with one attached hydrogen (secondary N) is 2. The molecule has 2 aliphatic rings. The number of ether oxygens (including phenoxy) is 1. The summed E-state index contributed by atoms with van der Waals surface area (Å²) in [6, 6.07) is 3.33. The summed E-state index contributed by atoms with van der Waals surface area (Å²) in [6.07, 6.45) is 0.342. The van der Waals surface area contributed by atoms with Gasteiger partial charge in [-0.25, -0.2) is 4.39 Å². The maximum atomic E-state index is 14.0. The Labute approximate surface area is 105 Å². The summed E-state index contributed by atoms with van der Waals surface area (Å²) in [5.74, 6) is -0.178. The van der Waals surface area contributed by atoms with Gasteiger partial charge < -0.3 is 15.4 Å². The molecule has 1 aromatic rings. The lowest BCUT2D eigenvalue weighted by Gasteiger charge is -2.25. The third-order valence-corrected chi connectivity index (χ3v) is 3.52. The Kier molecular flexibility index (Phi) is 2.70. The van der Waals surface area contributed by atoms with Gasteiger partial charge in [0.25, 0.3) is 5.91 Å². The smallest absolute Gasteiger partial charge is 0.265 e. The molecule has 5 heteroatoms. The summed E-state index contributed by atoms with van der Waals surface area (Å²) in [5, 5.41) is 5.94. The van der Waals surface area contributed by atoms with E-state index in [4.69, 9.17) is 4.74 Å². The van der Waals surface area contributed by atoms with E-state index >= 15 is 0 Å². The van der Waals surface area contributed by atoms with E-state index in [2.05, 4.69) is 10.6 Å². The monoisotopic (exact) mass is 250 g/mol. The number of halogens is 1. The summed E-state index contributed by atoms with van der Waals surface area (Å²) < 4.78 is 19.3. The van der Waals surface area contributed by atoms with Crippen molar-refractivity contribution in [3.8, 4) is 5.75 Å². The summed E-state index contributed by atoms with van der Waals surface area (Å²) in [5.41, 5.74) is 1.36. The molecule has 2 aliphatic heterocycles. The van der Waals surface area contributed by atoms with E-state index in [1.807, 2.05) is 6.07 Å². The van der Waals surface area contributed by atoms with Crippen molar-refractivity contribution in [1.82, 2.24) is 5.32 Å². The normalized spacial score (nSPS) is 26.4. The van der Waals surface area contributed by atoms with Gasteiger partial charge >= 0.3 is 0 Å². The highest BCUT2D eigenvalue weighted by Crippen LogP contribution is 2.36. The van der Waals surface area contributed by atoms with Gasteiger partial charge in [0, 0.05) is 6.54 Å². The van der Waals surface area contributed by atoms with Crippen molar-refractivity contribution in [2.24, 2.45) is 0 Å². The van der Waals surface area contributed by atoms with Crippen LogP contribution < -0.4 is 15.4 Å². The average Bonchev–Trinajstić information content (AvgIpc) is 2.85. The van der Waals surface area contributed by atoms with E-state index < -0.39 is 11.9 Å². The first kappa shape index (κ1) is 11.5. The maximum absolute atomic E-state index is 14.0. The lowest BCUT2D eigenvalue weighted by Crippen LogP contribution is -2.35. The van der Waals surface area contributed by atoms with Gasteiger partial charge in [-0.2, -0.15) is 0 Å². The SMILES string of the molecule is C[C@H]1Oc2c(F)cc(C3CCNC3)cc2NC1=O. The Bertz CT molecular complexity index is 498. The number of anilines is 1. The van der Waals surface area contributed by atoms with Gasteiger partial charge in [0.1, 0.15) is 0 Å². The zero-order valence-electron chi connectivity index (χ0n) is 10.1. The Morgan fingerprint density at radius 3 is 3.00 bits per heavy atom. The molecule has 1 unspecified atom stereocenters. The van der Waals surface area contributed by atoms with Crippen molar-refractivity contribution < 1.29 is 13.9 Å². The highest BCUT2D eigenvalue weighted by Gasteiger charge is 2.28. The van der Waals surface area contributed by atoms with Crippen molar-refractivity contribution in [3.63, 3.8) is 0 Å². The van der Waals surface area contributed by atoms with E-state index in [1.54, 1.807) is 6.92 Å². The molecule has 4 nitrogen and oxygen atoms in total. The number of benzene rings is 1. The molecule has 2 N–H and O–H groups in total. The fourth-order valence-corrected chi connectivity index (χ4v) is 2.47. The number of amides is 1. The summed E-state index contributed by atoms with van der Waals surface area (Å²) in [6.45, 7) is 3.40. The quantitative estimate of drug-likeness (QED) is 0.796. The van der Waals surface area contributed by atoms with E-state index in [-0.39, 0.29) is 11.7 Å². The standard InChI is InChI=1S/C13H15FN2O2/c1-7-13(17)16-11-5-9(8-2-3-15-6-8)4-10(14)12(11)18-7/h4-5,7-8,15H,2-3,6H2,1H3,(H,16,17)/t7-,8?/m1/s1. The van der Waals surface area contributed by atoms with Crippen LogP contribution in [0.3, 0.4) is 0 Å².